The van der Waals surface area contributed by atoms with Crippen LogP contribution in [0.3, 0.4) is 0 Å². The predicted molar refractivity (Wildman–Crippen MR) is 390 cm³/mol. The van der Waals surface area contributed by atoms with Gasteiger partial charge in [-0.05, 0) is 116 Å². The smallest absolute Gasteiger partial charge is 0.462 e. The molecule has 0 aliphatic heterocycles. The van der Waals surface area contributed by atoms with Crippen LogP contribution in [0.2, 0.25) is 0 Å². The van der Waals surface area contributed by atoms with Crippen molar-refractivity contribution in [1.82, 2.24) is 0 Å². The third kappa shape index (κ3) is 68.8. The number of rotatable bonds is 71. The zero-order chi connectivity index (χ0) is 70.4. The number of hydrogen-bond donors (Lipinski definition) is 3. The van der Waals surface area contributed by atoms with Crippen LogP contribution in [0.15, 0.2) is 85.1 Å². The molecule has 0 aromatic rings. The Balaban J connectivity index is 5.37. The maximum absolute atomic E-state index is 13.1. The van der Waals surface area contributed by atoms with E-state index < -0.39 is 97.5 Å². The zero-order valence-corrected chi connectivity index (χ0v) is 62.3. The number of esters is 4. The van der Waals surface area contributed by atoms with E-state index in [9.17, 15) is 43.2 Å². The fourth-order valence-corrected chi connectivity index (χ4v) is 11.6. The van der Waals surface area contributed by atoms with Gasteiger partial charge < -0.3 is 33.8 Å². The second-order valence-corrected chi connectivity index (χ2v) is 28.1. The Kier molecular flexibility index (Phi) is 67.0. The van der Waals surface area contributed by atoms with Gasteiger partial charge >= 0.3 is 39.5 Å². The normalized spacial score (nSPS) is 14.4. The van der Waals surface area contributed by atoms with Gasteiger partial charge in [0.25, 0.3) is 0 Å². The molecule has 0 rings (SSSR count). The number of ether oxygens (including phenoxy) is 4. The molecule has 5 atom stereocenters. The first kappa shape index (κ1) is 92.2. The fraction of sp³-hybridized carbons (Fsp3) is 0.766. The van der Waals surface area contributed by atoms with Gasteiger partial charge in [-0.15, -0.1) is 0 Å². The predicted octanol–water partition coefficient (Wildman–Crippen LogP) is 21.4. The van der Waals surface area contributed by atoms with Crippen LogP contribution in [-0.4, -0.2) is 96.7 Å². The maximum atomic E-state index is 13.1. The molecule has 17 nitrogen and oxygen atoms in total. The molecular weight excluding hydrogens is 1260 g/mol. The highest BCUT2D eigenvalue weighted by atomic mass is 31.2. The summed E-state index contributed by atoms with van der Waals surface area (Å²) in [6.45, 7) is 4.64. The highest BCUT2D eigenvalue weighted by Gasteiger charge is 2.30. The van der Waals surface area contributed by atoms with Crippen molar-refractivity contribution in [2.75, 3.05) is 39.6 Å². The van der Waals surface area contributed by atoms with Crippen LogP contribution in [0.25, 0.3) is 0 Å². The molecule has 556 valence electrons. The van der Waals surface area contributed by atoms with E-state index in [0.29, 0.717) is 25.7 Å². The molecule has 3 N–H and O–H groups in total. The Hall–Kier alpha value is -3.76. The molecule has 0 bridgehead atoms. The molecule has 0 spiro atoms. The monoisotopic (exact) mass is 1390 g/mol. The SMILES string of the molecule is CC/C=C\C/C=C\C/C=C\C/C=C\CCCCC(=O)OCC(COP(=O)(O)OCC(O)COP(=O)(O)OCC(COC(=O)CCCCCCC/C=C\C/C=C\CCC)OC(=O)CCCCCCCCCCCCCCC)OC(=O)CCCCCCC/C=C\CCCCCCCC. The molecule has 0 saturated carbocycles. The highest BCUT2D eigenvalue weighted by molar-refractivity contribution is 7.47. The Bertz CT molecular complexity index is 2160. The van der Waals surface area contributed by atoms with Crippen molar-refractivity contribution in [3.8, 4) is 0 Å². The van der Waals surface area contributed by atoms with Gasteiger partial charge in [-0.2, -0.15) is 0 Å². The first-order valence-corrected chi connectivity index (χ1v) is 40.8. The van der Waals surface area contributed by atoms with Gasteiger partial charge in [0.15, 0.2) is 12.2 Å². The number of unbranched alkanes of at least 4 members (excludes halogenated alkanes) is 31. The van der Waals surface area contributed by atoms with E-state index in [-0.39, 0.29) is 25.7 Å². The molecule has 19 heteroatoms. The molecule has 0 amide bonds. The number of phosphoric ester groups is 2. The summed E-state index contributed by atoms with van der Waals surface area (Å²) in [5.41, 5.74) is 0. The minimum absolute atomic E-state index is 0.0771. The summed E-state index contributed by atoms with van der Waals surface area (Å²) in [6, 6.07) is 0. The Morgan fingerprint density at radius 3 is 0.906 bits per heavy atom. The summed E-state index contributed by atoms with van der Waals surface area (Å²) in [4.78, 5) is 72.8. The second kappa shape index (κ2) is 69.7. The highest BCUT2D eigenvalue weighted by Crippen LogP contribution is 2.45. The maximum Gasteiger partial charge on any atom is 0.472 e. The van der Waals surface area contributed by atoms with E-state index in [1.54, 1.807) is 0 Å². The van der Waals surface area contributed by atoms with Gasteiger partial charge in [-0.25, -0.2) is 9.13 Å². The van der Waals surface area contributed by atoms with E-state index in [1.807, 2.05) is 0 Å². The average Bonchev–Trinajstić information content (AvgIpc) is 1.36. The second-order valence-electron chi connectivity index (χ2n) is 25.2. The van der Waals surface area contributed by atoms with E-state index >= 15 is 0 Å². The van der Waals surface area contributed by atoms with Crippen molar-refractivity contribution in [3.05, 3.63) is 85.1 Å². The van der Waals surface area contributed by atoms with Crippen LogP contribution in [0.4, 0.5) is 0 Å². The number of allylic oxidation sites excluding steroid dienone is 14. The largest absolute Gasteiger partial charge is 0.472 e. The van der Waals surface area contributed by atoms with Gasteiger partial charge in [-0.1, -0.05) is 267 Å². The number of aliphatic hydroxyl groups excluding tert-OH is 1. The number of carbonyl (C=O) groups is 4. The average molecular weight is 1400 g/mol. The van der Waals surface area contributed by atoms with Gasteiger partial charge in [0.1, 0.15) is 19.3 Å². The van der Waals surface area contributed by atoms with Gasteiger partial charge in [0, 0.05) is 25.7 Å². The van der Waals surface area contributed by atoms with E-state index in [1.165, 1.54) is 89.9 Å². The number of phosphoric acid groups is 2. The first-order chi connectivity index (χ1) is 46.7. The molecule has 0 heterocycles. The van der Waals surface area contributed by atoms with Crippen LogP contribution in [0, 0.1) is 0 Å². The quantitative estimate of drug-likeness (QED) is 0.0169. The summed E-state index contributed by atoms with van der Waals surface area (Å²) >= 11 is 0. The van der Waals surface area contributed by atoms with Gasteiger partial charge in [-0.3, -0.25) is 37.3 Å². The number of aliphatic hydroxyl groups is 1. The summed E-state index contributed by atoms with van der Waals surface area (Å²) in [6.07, 6.45) is 70.1. The topological polar surface area (TPSA) is 237 Å². The van der Waals surface area contributed by atoms with Gasteiger partial charge in [0.2, 0.25) is 0 Å². The molecule has 0 radical (unpaired) electrons. The molecule has 96 heavy (non-hydrogen) atoms. The van der Waals surface area contributed by atoms with Crippen molar-refractivity contribution < 1.29 is 80.2 Å². The summed E-state index contributed by atoms with van der Waals surface area (Å²) in [5, 5.41) is 10.6. The first-order valence-electron chi connectivity index (χ1n) is 37.8. The lowest BCUT2D eigenvalue weighted by Crippen LogP contribution is -2.30. The van der Waals surface area contributed by atoms with E-state index in [0.717, 1.165) is 154 Å². The lowest BCUT2D eigenvalue weighted by molar-refractivity contribution is -0.161. The van der Waals surface area contributed by atoms with Crippen molar-refractivity contribution in [2.45, 2.75) is 341 Å². The van der Waals surface area contributed by atoms with Crippen LogP contribution in [0.5, 0.6) is 0 Å². The van der Waals surface area contributed by atoms with Crippen molar-refractivity contribution >= 4 is 39.5 Å². The third-order valence-electron chi connectivity index (χ3n) is 15.8. The van der Waals surface area contributed by atoms with Crippen LogP contribution >= 0.6 is 15.6 Å². The summed E-state index contributed by atoms with van der Waals surface area (Å²) in [5.74, 6) is -2.23. The minimum atomic E-state index is -4.98. The van der Waals surface area contributed by atoms with E-state index in [2.05, 4.69) is 113 Å². The summed E-state index contributed by atoms with van der Waals surface area (Å²) < 4.78 is 68.4. The third-order valence-corrected chi connectivity index (χ3v) is 17.7. The van der Waals surface area contributed by atoms with Crippen LogP contribution in [0.1, 0.15) is 323 Å². The Morgan fingerprint density at radius 2 is 0.562 bits per heavy atom. The summed E-state index contributed by atoms with van der Waals surface area (Å²) in [7, 11) is -9.95. The molecular formula is C77H136O17P2. The van der Waals surface area contributed by atoms with Crippen molar-refractivity contribution in [3.63, 3.8) is 0 Å². The van der Waals surface area contributed by atoms with Crippen molar-refractivity contribution in [1.29, 1.82) is 0 Å². The standard InChI is InChI=1S/C77H136O17P2/c1-5-9-13-17-21-25-29-33-35-39-42-46-50-54-58-62-75(80)88-68-73(94-77(82)64-60-56-52-48-44-40-36-34-30-26-22-18-14-10-6-2)70-92-96(85,86)90-66-71(78)65-89-95(83,84)91-69-72(93-76(81)63-59-55-51-47-43-38-32-28-24-20-16-12-8-4)67-87-74(79)61-57-53-49-45-41-37-31-27-23-19-15-11-7-3/h9,13,15,19,21,25,27,31,33-36,42,46,71-73,78H,5-8,10-12,14,16-18,20,22-24,26,28-30,32,37-41,43-45,47-70H2,1-4H3,(H,83,84)(H,85,86)/b13-9-,19-15-,25-21-,31-27-,35-33-,36-34-,46-42-. The Morgan fingerprint density at radius 1 is 0.302 bits per heavy atom. The molecule has 5 unspecified atom stereocenters. The number of hydrogen-bond acceptors (Lipinski definition) is 15. The van der Waals surface area contributed by atoms with Crippen LogP contribution in [-0.2, 0) is 65.4 Å². The molecule has 0 aromatic heterocycles. The number of carbonyl (C=O) groups excluding carboxylic acids is 4. The lowest BCUT2D eigenvalue weighted by Gasteiger charge is -2.21. The van der Waals surface area contributed by atoms with Crippen LogP contribution < -0.4 is 0 Å². The molecule has 0 aliphatic carbocycles. The molecule has 0 aliphatic rings. The fourth-order valence-electron chi connectivity index (χ4n) is 10.1. The zero-order valence-electron chi connectivity index (χ0n) is 60.5. The van der Waals surface area contributed by atoms with Crippen molar-refractivity contribution in [2.24, 2.45) is 0 Å². The minimum Gasteiger partial charge on any atom is -0.462 e. The Labute approximate surface area is 583 Å². The molecule has 0 saturated heterocycles. The lowest BCUT2D eigenvalue weighted by atomic mass is 10.0. The molecule has 0 aromatic carbocycles. The van der Waals surface area contributed by atoms with E-state index in [4.69, 9.17) is 37.0 Å². The van der Waals surface area contributed by atoms with Gasteiger partial charge in [0.05, 0.1) is 26.4 Å². The molecule has 0 fully saturated rings.